The standard InChI is InChI=1S/C18H20N2O4S/c1-14-2-8-17(9-3-14)24-11-10-19-18(21)13-25-12-15-4-6-16(7-5-15)20(22)23/h2-9H,10-13H2,1H3,(H,19,21). The Morgan fingerprint density at radius 1 is 1.16 bits per heavy atom. The van der Waals surface area contributed by atoms with Gasteiger partial charge in [0, 0.05) is 17.9 Å². The zero-order valence-electron chi connectivity index (χ0n) is 13.9. The number of ether oxygens (including phenoxy) is 1. The molecule has 7 heteroatoms. The molecule has 0 aromatic heterocycles. The van der Waals surface area contributed by atoms with Gasteiger partial charge < -0.3 is 10.1 Å². The molecule has 25 heavy (non-hydrogen) atoms. The van der Waals surface area contributed by atoms with Crippen molar-refractivity contribution in [1.29, 1.82) is 0 Å². The van der Waals surface area contributed by atoms with Crippen LogP contribution in [0, 0.1) is 17.0 Å². The van der Waals surface area contributed by atoms with E-state index in [2.05, 4.69) is 5.32 Å². The second-order valence-corrected chi connectivity index (χ2v) is 6.41. The first kappa shape index (κ1) is 18.8. The highest BCUT2D eigenvalue weighted by Crippen LogP contribution is 2.16. The van der Waals surface area contributed by atoms with E-state index in [1.165, 1.54) is 29.5 Å². The highest BCUT2D eigenvalue weighted by atomic mass is 32.2. The number of amides is 1. The second-order valence-electron chi connectivity index (χ2n) is 5.43. The predicted octanol–water partition coefficient (Wildman–Crippen LogP) is 3.33. The molecule has 2 rings (SSSR count). The zero-order valence-corrected chi connectivity index (χ0v) is 14.8. The average molecular weight is 360 g/mol. The van der Waals surface area contributed by atoms with E-state index < -0.39 is 4.92 Å². The zero-order chi connectivity index (χ0) is 18.1. The number of aryl methyl sites for hydroxylation is 1. The van der Waals surface area contributed by atoms with E-state index in [0.29, 0.717) is 24.7 Å². The molecular weight excluding hydrogens is 340 g/mol. The molecule has 0 radical (unpaired) electrons. The van der Waals surface area contributed by atoms with Crippen molar-refractivity contribution < 1.29 is 14.5 Å². The molecular formula is C18H20N2O4S. The summed E-state index contributed by atoms with van der Waals surface area (Å²) in [5.74, 6) is 1.69. The molecule has 0 aliphatic carbocycles. The van der Waals surface area contributed by atoms with Crippen molar-refractivity contribution in [1.82, 2.24) is 5.32 Å². The molecule has 0 aliphatic rings. The van der Waals surface area contributed by atoms with Gasteiger partial charge in [0.1, 0.15) is 12.4 Å². The average Bonchev–Trinajstić information content (AvgIpc) is 2.61. The van der Waals surface area contributed by atoms with E-state index in [-0.39, 0.29) is 11.6 Å². The second kappa shape index (κ2) is 9.68. The lowest BCUT2D eigenvalue weighted by Gasteiger charge is -2.08. The highest BCUT2D eigenvalue weighted by Gasteiger charge is 2.05. The van der Waals surface area contributed by atoms with Gasteiger partial charge in [-0.15, -0.1) is 11.8 Å². The molecule has 0 bridgehead atoms. The van der Waals surface area contributed by atoms with Gasteiger partial charge in [-0.1, -0.05) is 29.8 Å². The normalized spacial score (nSPS) is 10.3. The van der Waals surface area contributed by atoms with E-state index in [9.17, 15) is 14.9 Å². The Labute approximate surface area is 150 Å². The van der Waals surface area contributed by atoms with E-state index in [0.717, 1.165) is 11.3 Å². The van der Waals surface area contributed by atoms with Crippen LogP contribution in [0.4, 0.5) is 5.69 Å². The van der Waals surface area contributed by atoms with E-state index in [1.807, 2.05) is 31.2 Å². The molecule has 0 aliphatic heterocycles. The highest BCUT2D eigenvalue weighted by molar-refractivity contribution is 7.99. The summed E-state index contributed by atoms with van der Waals surface area (Å²) in [7, 11) is 0. The molecule has 0 heterocycles. The van der Waals surface area contributed by atoms with Crippen molar-refractivity contribution in [3.63, 3.8) is 0 Å². The third kappa shape index (κ3) is 6.84. The van der Waals surface area contributed by atoms with Gasteiger partial charge in [0.15, 0.2) is 0 Å². The van der Waals surface area contributed by atoms with Crippen molar-refractivity contribution in [2.45, 2.75) is 12.7 Å². The largest absolute Gasteiger partial charge is 0.492 e. The van der Waals surface area contributed by atoms with Gasteiger partial charge in [0.25, 0.3) is 5.69 Å². The first-order chi connectivity index (χ1) is 12.0. The molecule has 0 saturated heterocycles. The fraction of sp³-hybridized carbons (Fsp3) is 0.278. The predicted molar refractivity (Wildman–Crippen MR) is 98.9 cm³/mol. The molecule has 1 amide bonds. The van der Waals surface area contributed by atoms with Crippen molar-refractivity contribution in [3.05, 3.63) is 69.8 Å². The SMILES string of the molecule is Cc1ccc(OCCNC(=O)CSCc2ccc([N+](=O)[O-])cc2)cc1. The maximum atomic E-state index is 11.8. The van der Waals surface area contributed by atoms with Crippen molar-refractivity contribution in [2.24, 2.45) is 0 Å². The molecule has 0 unspecified atom stereocenters. The van der Waals surface area contributed by atoms with Crippen LogP contribution in [0.5, 0.6) is 5.75 Å². The molecule has 0 spiro atoms. The Kier molecular flexibility index (Phi) is 7.28. The quantitative estimate of drug-likeness (QED) is 0.421. The minimum Gasteiger partial charge on any atom is -0.492 e. The summed E-state index contributed by atoms with van der Waals surface area (Å²) in [5.41, 5.74) is 2.19. The number of nitro groups is 1. The van der Waals surface area contributed by atoms with Gasteiger partial charge in [-0.25, -0.2) is 0 Å². The number of nitrogens with zero attached hydrogens (tertiary/aromatic N) is 1. The molecule has 0 atom stereocenters. The number of hydrogen-bond donors (Lipinski definition) is 1. The monoisotopic (exact) mass is 360 g/mol. The summed E-state index contributed by atoms with van der Waals surface area (Å²) >= 11 is 1.46. The number of carbonyl (C=O) groups is 1. The van der Waals surface area contributed by atoms with Crippen molar-refractivity contribution in [3.8, 4) is 5.75 Å². The lowest BCUT2D eigenvalue weighted by molar-refractivity contribution is -0.384. The van der Waals surface area contributed by atoms with Crippen LogP contribution in [0.3, 0.4) is 0 Å². The van der Waals surface area contributed by atoms with Gasteiger partial charge in [-0.05, 0) is 24.6 Å². The smallest absolute Gasteiger partial charge is 0.269 e. The molecule has 2 aromatic rings. The van der Waals surface area contributed by atoms with Crippen LogP contribution in [0.25, 0.3) is 0 Å². The van der Waals surface area contributed by atoms with Crippen LogP contribution in [-0.4, -0.2) is 29.7 Å². The number of nitro benzene ring substituents is 1. The maximum Gasteiger partial charge on any atom is 0.269 e. The van der Waals surface area contributed by atoms with E-state index in [1.54, 1.807) is 12.1 Å². The van der Waals surface area contributed by atoms with Gasteiger partial charge in [0.2, 0.25) is 5.91 Å². The van der Waals surface area contributed by atoms with Crippen LogP contribution in [0.2, 0.25) is 0 Å². The van der Waals surface area contributed by atoms with Crippen LogP contribution >= 0.6 is 11.8 Å². The summed E-state index contributed by atoms with van der Waals surface area (Å²) in [6.07, 6.45) is 0. The van der Waals surface area contributed by atoms with Gasteiger partial charge >= 0.3 is 0 Å². The summed E-state index contributed by atoms with van der Waals surface area (Å²) in [5, 5.41) is 13.4. The number of hydrogen-bond acceptors (Lipinski definition) is 5. The topological polar surface area (TPSA) is 81.5 Å². The summed E-state index contributed by atoms with van der Waals surface area (Å²) in [6, 6.07) is 14.1. The van der Waals surface area contributed by atoms with E-state index >= 15 is 0 Å². The number of nitrogens with one attached hydrogen (secondary N) is 1. The molecule has 0 saturated carbocycles. The van der Waals surface area contributed by atoms with Gasteiger partial charge in [-0.2, -0.15) is 0 Å². The maximum absolute atomic E-state index is 11.8. The molecule has 0 fully saturated rings. The van der Waals surface area contributed by atoms with E-state index in [4.69, 9.17) is 4.74 Å². The third-order valence-corrected chi connectivity index (χ3v) is 4.37. The van der Waals surface area contributed by atoms with Gasteiger partial charge in [-0.3, -0.25) is 14.9 Å². The lowest BCUT2D eigenvalue weighted by Crippen LogP contribution is -2.29. The minimum atomic E-state index is -0.428. The summed E-state index contributed by atoms with van der Waals surface area (Å²) < 4.78 is 5.54. The number of thioether (sulfide) groups is 1. The molecule has 132 valence electrons. The number of non-ortho nitro benzene ring substituents is 1. The number of carbonyl (C=O) groups excluding carboxylic acids is 1. The first-order valence-corrected chi connectivity index (χ1v) is 8.97. The van der Waals surface area contributed by atoms with Gasteiger partial charge in [0.05, 0.1) is 17.2 Å². The Morgan fingerprint density at radius 2 is 1.84 bits per heavy atom. The van der Waals surface area contributed by atoms with Crippen molar-refractivity contribution in [2.75, 3.05) is 18.9 Å². The fourth-order valence-corrected chi connectivity index (χ4v) is 2.84. The molecule has 2 aromatic carbocycles. The Morgan fingerprint density at radius 3 is 2.48 bits per heavy atom. The first-order valence-electron chi connectivity index (χ1n) is 7.82. The summed E-state index contributed by atoms with van der Waals surface area (Å²) in [4.78, 5) is 21.9. The number of benzene rings is 2. The van der Waals surface area contributed by atoms with Crippen molar-refractivity contribution >= 4 is 23.4 Å². The van der Waals surface area contributed by atoms with Crippen LogP contribution in [0.1, 0.15) is 11.1 Å². The third-order valence-electron chi connectivity index (χ3n) is 3.36. The summed E-state index contributed by atoms with van der Waals surface area (Å²) in [6.45, 7) is 2.88. The Hall–Kier alpha value is -2.54. The minimum absolute atomic E-state index is 0.0561. The van der Waals surface area contributed by atoms with Crippen LogP contribution in [0.15, 0.2) is 48.5 Å². The van der Waals surface area contributed by atoms with Crippen LogP contribution in [-0.2, 0) is 10.5 Å². The number of rotatable bonds is 9. The Bertz CT molecular complexity index is 702. The lowest BCUT2D eigenvalue weighted by atomic mass is 10.2. The Balaban J connectivity index is 1.59. The molecule has 6 nitrogen and oxygen atoms in total. The van der Waals surface area contributed by atoms with Crippen LogP contribution < -0.4 is 10.1 Å². The fourth-order valence-electron chi connectivity index (χ4n) is 2.02. The molecule has 1 N–H and O–H groups in total.